The summed E-state index contributed by atoms with van der Waals surface area (Å²) in [6.45, 7) is 0.973. The smallest absolute Gasteiger partial charge is 0.246 e. The Balaban J connectivity index is 1.46. The Hall–Kier alpha value is -3.68. The second kappa shape index (κ2) is 11.2. The number of rotatable bonds is 4. The van der Waals surface area contributed by atoms with Gasteiger partial charge in [0, 0.05) is 32.0 Å². The standard InChI is InChI=1S/C29H34N4O4/c34-26-19-22(17-20-9-3-1-4-10-20)30-27(35)24-13-7-15-32(24)29(37)25-14-8-16-33(25)28(36)23(31-26)18-21-11-5-2-6-12-21/h1-6,9-12,22-25H,7-8,13-19H2,(H,30,35)(H,31,34)/t22-,23+,24-,25+/m0/s1. The maximum absolute atomic E-state index is 13.8. The third kappa shape index (κ3) is 5.68. The molecule has 37 heavy (non-hydrogen) atoms. The molecule has 0 spiro atoms. The van der Waals surface area contributed by atoms with Crippen molar-refractivity contribution in [1.29, 1.82) is 0 Å². The number of hydrogen-bond acceptors (Lipinski definition) is 4. The molecule has 3 aliphatic rings. The summed E-state index contributed by atoms with van der Waals surface area (Å²) in [5.74, 6) is -0.912. The fraction of sp³-hybridized carbons (Fsp3) is 0.448. The van der Waals surface area contributed by atoms with Gasteiger partial charge in [0.05, 0.1) is 0 Å². The zero-order chi connectivity index (χ0) is 25.8. The Morgan fingerprint density at radius 2 is 1.24 bits per heavy atom. The number of carbonyl (C=O) groups is 4. The van der Waals surface area contributed by atoms with Crippen molar-refractivity contribution in [3.63, 3.8) is 0 Å². The maximum Gasteiger partial charge on any atom is 0.246 e. The fourth-order valence-electron chi connectivity index (χ4n) is 5.88. The van der Waals surface area contributed by atoms with E-state index in [-0.39, 0.29) is 30.0 Å². The molecule has 4 amide bonds. The summed E-state index contributed by atoms with van der Waals surface area (Å²) in [5.41, 5.74) is 1.93. The third-order valence-electron chi connectivity index (χ3n) is 7.68. The third-order valence-corrected chi connectivity index (χ3v) is 7.68. The molecule has 8 heteroatoms. The lowest BCUT2D eigenvalue weighted by Crippen LogP contribution is -2.56. The summed E-state index contributed by atoms with van der Waals surface area (Å²) in [4.78, 5) is 57.5. The second-order valence-electron chi connectivity index (χ2n) is 10.3. The van der Waals surface area contributed by atoms with Gasteiger partial charge in [0.2, 0.25) is 23.6 Å². The van der Waals surface area contributed by atoms with Gasteiger partial charge in [0.15, 0.2) is 0 Å². The first-order chi connectivity index (χ1) is 18.0. The zero-order valence-electron chi connectivity index (χ0n) is 21.0. The number of amides is 4. The van der Waals surface area contributed by atoms with Crippen LogP contribution >= 0.6 is 0 Å². The van der Waals surface area contributed by atoms with E-state index in [4.69, 9.17) is 0 Å². The van der Waals surface area contributed by atoms with Gasteiger partial charge in [-0.15, -0.1) is 0 Å². The van der Waals surface area contributed by atoms with E-state index in [0.29, 0.717) is 38.8 Å². The van der Waals surface area contributed by atoms with Crippen LogP contribution in [0.25, 0.3) is 0 Å². The Morgan fingerprint density at radius 1 is 0.676 bits per heavy atom. The monoisotopic (exact) mass is 502 g/mol. The van der Waals surface area contributed by atoms with Crippen LogP contribution in [0.1, 0.15) is 43.2 Å². The Bertz CT molecular complexity index is 1140. The number of hydrogen-bond donors (Lipinski definition) is 2. The van der Waals surface area contributed by atoms with Crippen molar-refractivity contribution in [3.8, 4) is 0 Å². The zero-order valence-corrected chi connectivity index (χ0v) is 21.0. The summed E-state index contributed by atoms with van der Waals surface area (Å²) >= 11 is 0. The van der Waals surface area contributed by atoms with E-state index in [0.717, 1.165) is 24.0 Å². The van der Waals surface area contributed by atoms with Gasteiger partial charge in [-0.1, -0.05) is 60.7 Å². The molecule has 3 aliphatic heterocycles. The SMILES string of the molecule is O=C1C[C@H](Cc2ccccc2)NC(=O)[C@@H]2CCCN2C(=O)[C@H]2CCCN2C(=O)[C@@H](Cc2ccccc2)N1. The van der Waals surface area contributed by atoms with Crippen LogP contribution < -0.4 is 10.6 Å². The Kier molecular flexibility index (Phi) is 7.53. The topological polar surface area (TPSA) is 98.8 Å². The minimum atomic E-state index is -0.786. The van der Waals surface area contributed by atoms with E-state index in [9.17, 15) is 19.2 Å². The first kappa shape index (κ1) is 25.0. The maximum atomic E-state index is 13.8. The highest BCUT2D eigenvalue weighted by atomic mass is 16.2. The molecule has 4 atom stereocenters. The molecule has 194 valence electrons. The Morgan fingerprint density at radius 3 is 1.89 bits per heavy atom. The fourth-order valence-corrected chi connectivity index (χ4v) is 5.88. The van der Waals surface area contributed by atoms with Crippen LogP contribution in [0.4, 0.5) is 0 Å². The van der Waals surface area contributed by atoms with Gasteiger partial charge in [-0.2, -0.15) is 0 Å². The molecule has 2 N–H and O–H groups in total. The van der Waals surface area contributed by atoms with Crippen LogP contribution in [-0.2, 0) is 32.0 Å². The van der Waals surface area contributed by atoms with Gasteiger partial charge in [-0.25, -0.2) is 0 Å². The number of carbonyl (C=O) groups excluding carboxylic acids is 4. The van der Waals surface area contributed by atoms with E-state index >= 15 is 0 Å². The van der Waals surface area contributed by atoms with Crippen LogP contribution in [0.15, 0.2) is 60.7 Å². The number of nitrogens with zero attached hydrogens (tertiary/aromatic N) is 2. The molecule has 0 bridgehead atoms. The van der Waals surface area contributed by atoms with Crippen molar-refractivity contribution in [1.82, 2.24) is 20.4 Å². The molecule has 0 saturated carbocycles. The number of fused-ring (bicyclic) bond motifs is 2. The lowest BCUT2D eigenvalue weighted by Gasteiger charge is -2.32. The van der Waals surface area contributed by atoms with Gasteiger partial charge < -0.3 is 20.4 Å². The number of benzene rings is 2. The lowest BCUT2D eigenvalue weighted by atomic mass is 10.0. The predicted molar refractivity (Wildman–Crippen MR) is 138 cm³/mol. The molecule has 0 unspecified atom stereocenters. The highest BCUT2D eigenvalue weighted by Gasteiger charge is 2.44. The van der Waals surface area contributed by atoms with E-state index in [1.165, 1.54) is 0 Å². The summed E-state index contributed by atoms with van der Waals surface area (Å²) in [7, 11) is 0. The molecule has 0 aliphatic carbocycles. The average molecular weight is 503 g/mol. The van der Waals surface area contributed by atoms with Gasteiger partial charge in [-0.05, 0) is 43.2 Å². The lowest BCUT2D eigenvalue weighted by molar-refractivity contribution is -0.147. The second-order valence-corrected chi connectivity index (χ2v) is 10.3. The van der Waals surface area contributed by atoms with Gasteiger partial charge in [-0.3, -0.25) is 19.2 Å². The van der Waals surface area contributed by atoms with Crippen LogP contribution in [0.2, 0.25) is 0 Å². The van der Waals surface area contributed by atoms with E-state index in [2.05, 4.69) is 10.6 Å². The largest absolute Gasteiger partial charge is 0.351 e. The Labute approximate surface area is 217 Å². The van der Waals surface area contributed by atoms with Crippen LogP contribution in [0.5, 0.6) is 0 Å². The van der Waals surface area contributed by atoms with Gasteiger partial charge >= 0.3 is 0 Å². The van der Waals surface area contributed by atoms with E-state index in [1.807, 2.05) is 60.7 Å². The van der Waals surface area contributed by atoms with Crippen molar-refractivity contribution in [2.75, 3.05) is 13.1 Å². The molecule has 3 saturated heterocycles. The molecule has 3 fully saturated rings. The highest BCUT2D eigenvalue weighted by molar-refractivity contribution is 5.95. The minimum absolute atomic E-state index is 0.0449. The molecule has 5 rings (SSSR count). The molecule has 0 radical (unpaired) electrons. The van der Waals surface area contributed by atoms with Crippen molar-refractivity contribution in [2.45, 2.75) is 69.1 Å². The normalized spacial score (nSPS) is 26.9. The first-order valence-electron chi connectivity index (χ1n) is 13.3. The molecule has 2 aromatic carbocycles. The van der Waals surface area contributed by atoms with Crippen molar-refractivity contribution in [2.24, 2.45) is 0 Å². The molecular formula is C29H34N4O4. The summed E-state index contributed by atoms with van der Waals surface area (Å²) in [6.07, 6.45) is 3.47. The predicted octanol–water partition coefficient (Wildman–Crippen LogP) is 1.83. The minimum Gasteiger partial charge on any atom is -0.351 e. The highest BCUT2D eigenvalue weighted by Crippen LogP contribution is 2.26. The average Bonchev–Trinajstić information content (AvgIpc) is 3.59. The summed E-state index contributed by atoms with van der Waals surface area (Å²) in [6, 6.07) is 16.9. The van der Waals surface area contributed by atoms with Crippen LogP contribution in [-0.4, -0.2) is 70.7 Å². The van der Waals surface area contributed by atoms with Gasteiger partial charge in [0.1, 0.15) is 18.1 Å². The van der Waals surface area contributed by atoms with Gasteiger partial charge in [0.25, 0.3) is 0 Å². The van der Waals surface area contributed by atoms with Crippen LogP contribution in [0.3, 0.4) is 0 Å². The van der Waals surface area contributed by atoms with E-state index < -0.39 is 24.2 Å². The van der Waals surface area contributed by atoms with Crippen LogP contribution in [0, 0.1) is 0 Å². The molecule has 2 aromatic rings. The quantitative estimate of drug-likeness (QED) is 0.667. The molecule has 8 nitrogen and oxygen atoms in total. The number of nitrogens with one attached hydrogen (secondary N) is 2. The van der Waals surface area contributed by atoms with Crippen molar-refractivity contribution < 1.29 is 19.2 Å². The molecular weight excluding hydrogens is 468 g/mol. The summed E-state index contributed by atoms with van der Waals surface area (Å²) in [5, 5.41) is 6.02. The van der Waals surface area contributed by atoms with E-state index in [1.54, 1.807) is 9.80 Å². The summed E-state index contributed by atoms with van der Waals surface area (Å²) < 4.78 is 0. The first-order valence-corrected chi connectivity index (χ1v) is 13.3. The molecule has 3 heterocycles. The molecule has 0 aromatic heterocycles. The van der Waals surface area contributed by atoms with Crippen molar-refractivity contribution in [3.05, 3.63) is 71.8 Å². The van der Waals surface area contributed by atoms with Crippen molar-refractivity contribution >= 4 is 23.6 Å².